The van der Waals surface area contributed by atoms with Gasteiger partial charge in [-0.15, -0.1) is 0 Å². The number of methoxy groups -OCH3 is 1. The molecule has 0 aliphatic rings. The van der Waals surface area contributed by atoms with E-state index in [2.05, 4.69) is 20.9 Å². The van der Waals surface area contributed by atoms with E-state index in [-0.39, 0.29) is 0 Å². The van der Waals surface area contributed by atoms with Gasteiger partial charge in [0.1, 0.15) is 17.2 Å². The minimum absolute atomic E-state index is 0.408. The fourth-order valence-corrected chi connectivity index (χ4v) is 1.92. The van der Waals surface area contributed by atoms with Crippen LogP contribution in [0.4, 0.5) is 0 Å². The summed E-state index contributed by atoms with van der Waals surface area (Å²) >= 11 is 3.44. The smallest absolute Gasteiger partial charge is 0.150 e. The van der Waals surface area contributed by atoms with Crippen LogP contribution in [-0.4, -0.2) is 12.1 Å². The third-order valence-corrected chi connectivity index (χ3v) is 3.07. The van der Waals surface area contributed by atoms with Crippen LogP contribution in [0.25, 0.3) is 0 Å². The molecular formula is C13H13BrN2O2. The van der Waals surface area contributed by atoms with Crippen LogP contribution < -0.4 is 15.2 Å². The molecule has 0 amide bonds. The summed E-state index contributed by atoms with van der Waals surface area (Å²) in [6, 6.07) is 7.34. The lowest BCUT2D eigenvalue weighted by atomic mass is 10.2. The van der Waals surface area contributed by atoms with Gasteiger partial charge in [-0.2, -0.15) is 0 Å². The second-order valence-corrected chi connectivity index (χ2v) is 4.44. The molecule has 2 aromatic rings. The Morgan fingerprint density at radius 1 is 1.28 bits per heavy atom. The Bertz CT molecular complexity index is 546. The second kappa shape index (κ2) is 5.84. The summed E-state index contributed by atoms with van der Waals surface area (Å²) in [4.78, 5) is 4.03. The van der Waals surface area contributed by atoms with Gasteiger partial charge >= 0.3 is 0 Å². The predicted molar refractivity (Wildman–Crippen MR) is 72.9 cm³/mol. The fourth-order valence-electron chi connectivity index (χ4n) is 1.48. The van der Waals surface area contributed by atoms with E-state index in [1.165, 1.54) is 0 Å². The van der Waals surface area contributed by atoms with Crippen LogP contribution in [0.3, 0.4) is 0 Å². The molecule has 0 aliphatic heterocycles. The maximum Gasteiger partial charge on any atom is 0.150 e. The number of pyridine rings is 1. The van der Waals surface area contributed by atoms with Crippen molar-refractivity contribution in [1.82, 2.24) is 4.98 Å². The summed E-state index contributed by atoms with van der Waals surface area (Å²) in [5.41, 5.74) is 6.56. The molecular weight excluding hydrogens is 296 g/mol. The summed E-state index contributed by atoms with van der Waals surface area (Å²) in [6.07, 6.45) is 3.34. The van der Waals surface area contributed by atoms with Crippen LogP contribution in [0.5, 0.6) is 17.2 Å². The molecule has 0 radical (unpaired) electrons. The van der Waals surface area contributed by atoms with Crippen molar-refractivity contribution in [2.75, 3.05) is 7.11 Å². The lowest BCUT2D eigenvalue weighted by Crippen LogP contribution is -2.00. The summed E-state index contributed by atoms with van der Waals surface area (Å²) < 4.78 is 11.7. The van der Waals surface area contributed by atoms with Gasteiger partial charge in [0.2, 0.25) is 0 Å². The average molecular weight is 309 g/mol. The molecule has 0 saturated heterocycles. The molecule has 1 aromatic carbocycles. The zero-order valence-electron chi connectivity index (χ0n) is 9.89. The minimum atomic E-state index is 0.408. The van der Waals surface area contributed by atoms with Crippen molar-refractivity contribution >= 4 is 15.9 Å². The van der Waals surface area contributed by atoms with Crippen LogP contribution in [-0.2, 0) is 6.54 Å². The SMILES string of the molecule is COc1ccc(Oc2cnccc2CN)c(Br)c1. The first-order chi connectivity index (χ1) is 8.74. The lowest BCUT2D eigenvalue weighted by molar-refractivity contribution is 0.412. The molecule has 0 aliphatic carbocycles. The number of hydrogen-bond acceptors (Lipinski definition) is 4. The van der Waals surface area contributed by atoms with Crippen LogP contribution in [0.15, 0.2) is 41.1 Å². The number of aromatic nitrogens is 1. The topological polar surface area (TPSA) is 57.4 Å². The van der Waals surface area contributed by atoms with Gasteiger partial charge in [0, 0.05) is 18.3 Å². The van der Waals surface area contributed by atoms with E-state index in [1.54, 1.807) is 19.5 Å². The van der Waals surface area contributed by atoms with E-state index in [0.29, 0.717) is 18.0 Å². The Hall–Kier alpha value is -1.59. The van der Waals surface area contributed by atoms with Crippen molar-refractivity contribution in [3.8, 4) is 17.2 Å². The van der Waals surface area contributed by atoms with Crippen molar-refractivity contribution in [3.05, 3.63) is 46.7 Å². The molecule has 0 saturated carbocycles. The number of benzene rings is 1. The molecule has 0 fully saturated rings. The van der Waals surface area contributed by atoms with Gasteiger partial charge in [-0.3, -0.25) is 4.98 Å². The maximum atomic E-state index is 5.79. The number of rotatable bonds is 4. The summed E-state index contributed by atoms with van der Waals surface area (Å²) in [5, 5.41) is 0. The maximum absolute atomic E-state index is 5.79. The molecule has 0 bridgehead atoms. The Kier molecular flexibility index (Phi) is 4.17. The van der Waals surface area contributed by atoms with E-state index >= 15 is 0 Å². The van der Waals surface area contributed by atoms with E-state index in [4.69, 9.17) is 15.2 Å². The van der Waals surface area contributed by atoms with Crippen molar-refractivity contribution in [3.63, 3.8) is 0 Å². The highest BCUT2D eigenvalue weighted by atomic mass is 79.9. The summed E-state index contributed by atoms with van der Waals surface area (Å²) in [5.74, 6) is 2.11. The highest BCUT2D eigenvalue weighted by Gasteiger charge is 2.07. The van der Waals surface area contributed by atoms with E-state index < -0.39 is 0 Å². The zero-order chi connectivity index (χ0) is 13.0. The Balaban J connectivity index is 2.28. The monoisotopic (exact) mass is 308 g/mol. The van der Waals surface area contributed by atoms with Gasteiger partial charge in [-0.1, -0.05) is 0 Å². The largest absolute Gasteiger partial charge is 0.497 e. The standard InChI is InChI=1S/C13H13BrN2O2/c1-17-10-2-3-12(11(14)6-10)18-13-8-16-5-4-9(13)7-15/h2-6,8H,7,15H2,1H3. The van der Waals surface area contributed by atoms with Crippen molar-refractivity contribution < 1.29 is 9.47 Å². The molecule has 0 atom stereocenters. The average Bonchev–Trinajstić information content (AvgIpc) is 2.41. The molecule has 4 nitrogen and oxygen atoms in total. The second-order valence-electron chi connectivity index (χ2n) is 3.59. The number of nitrogens with zero attached hydrogens (tertiary/aromatic N) is 1. The highest BCUT2D eigenvalue weighted by Crippen LogP contribution is 2.33. The van der Waals surface area contributed by atoms with Gasteiger partial charge in [0.05, 0.1) is 17.8 Å². The molecule has 94 valence electrons. The molecule has 1 heterocycles. The number of halogens is 1. The summed E-state index contributed by atoms with van der Waals surface area (Å²) in [6.45, 7) is 0.408. The molecule has 2 rings (SSSR count). The van der Waals surface area contributed by atoms with Crippen LogP contribution in [0, 0.1) is 0 Å². The lowest BCUT2D eigenvalue weighted by Gasteiger charge is -2.11. The molecule has 5 heteroatoms. The Morgan fingerprint density at radius 2 is 2.11 bits per heavy atom. The first-order valence-corrected chi connectivity index (χ1v) is 6.18. The van der Waals surface area contributed by atoms with E-state index in [1.807, 2.05) is 24.3 Å². The number of hydrogen-bond donors (Lipinski definition) is 1. The van der Waals surface area contributed by atoms with Crippen molar-refractivity contribution in [2.24, 2.45) is 5.73 Å². The van der Waals surface area contributed by atoms with Crippen molar-refractivity contribution in [2.45, 2.75) is 6.54 Å². The Morgan fingerprint density at radius 3 is 2.78 bits per heavy atom. The number of nitrogens with two attached hydrogens (primary N) is 1. The third kappa shape index (κ3) is 2.80. The molecule has 0 spiro atoms. The molecule has 0 unspecified atom stereocenters. The van der Waals surface area contributed by atoms with Gasteiger partial charge in [-0.05, 0) is 40.2 Å². The highest BCUT2D eigenvalue weighted by molar-refractivity contribution is 9.10. The first kappa shape index (κ1) is 12.9. The molecule has 18 heavy (non-hydrogen) atoms. The quantitative estimate of drug-likeness (QED) is 0.943. The van der Waals surface area contributed by atoms with E-state index in [9.17, 15) is 0 Å². The third-order valence-electron chi connectivity index (χ3n) is 2.45. The van der Waals surface area contributed by atoms with Crippen LogP contribution in [0.1, 0.15) is 5.56 Å². The van der Waals surface area contributed by atoms with Crippen molar-refractivity contribution in [1.29, 1.82) is 0 Å². The van der Waals surface area contributed by atoms with Gasteiger partial charge < -0.3 is 15.2 Å². The fraction of sp³-hybridized carbons (Fsp3) is 0.154. The zero-order valence-corrected chi connectivity index (χ0v) is 11.5. The molecule has 1 aromatic heterocycles. The normalized spacial score (nSPS) is 10.2. The molecule has 2 N–H and O–H groups in total. The first-order valence-electron chi connectivity index (χ1n) is 5.39. The number of ether oxygens (including phenoxy) is 2. The Labute approximate surface area is 114 Å². The van der Waals surface area contributed by atoms with Gasteiger partial charge in [-0.25, -0.2) is 0 Å². The van der Waals surface area contributed by atoms with Gasteiger partial charge in [0.15, 0.2) is 0 Å². The van der Waals surface area contributed by atoms with Crippen LogP contribution in [0.2, 0.25) is 0 Å². The predicted octanol–water partition coefficient (Wildman–Crippen LogP) is 3.10. The van der Waals surface area contributed by atoms with E-state index in [0.717, 1.165) is 15.8 Å². The van der Waals surface area contributed by atoms with Gasteiger partial charge in [0.25, 0.3) is 0 Å². The minimum Gasteiger partial charge on any atom is -0.497 e. The van der Waals surface area contributed by atoms with Crippen LogP contribution >= 0.6 is 15.9 Å². The summed E-state index contributed by atoms with van der Waals surface area (Å²) in [7, 11) is 1.62.